The molecule has 0 spiro atoms. The van der Waals surface area contributed by atoms with Gasteiger partial charge in [0.1, 0.15) is 6.04 Å². The number of hydrogen-bond donors (Lipinski definition) is 1. The van der Waals surface area contributed by atoms with E-state index in [9.17, 15) is 0 Å². The van der Waals surface area contributed by atoms with E-state index in [1.165, 1.54) is 0 Å². The predicted molar refractivity (Wildman–Crippen MR) is 49.7 cm³/mol. The van der Waals surface area contributed by atoms with Gasteiger partial charge in [-0.05, 0) is 11.1 Å². The van der Waals surface area contributed by atoms with E-state index in [-0.39, 0.29) is 0 Å². The van der Waals surface area contributed by atoms with Crippen molar-refractivity contribution in [1.29, 1.82) is 5.26 Å². The second-order valence-electron chi connectivity index (χ2n) is 2.78. The number of methoxy groups -OCH3 is 1. The van der Waals surface area contributed by atoms with Crippen molar-refractivity contribution in [3.8, 4) is 6.07 Å². The summed E-state index contributed by atoms with van der Waals surface area (Å²) < 4.78 is 4.96. The maximum Gasteiger partial charge on any atom is 0.118 e. The summed E-state index contributed by atoms with van der Waals surface area (Å²) in [6, 6.07) is 8.97. The Hall–Kier alpha value is -1.37. The zero-order valence-corrected chi connectivity index (χ0v) is 7.53. The summed E-state index contributed by atoms with van der Waals surface area (Å²) in [4.78, 5) is 0. The molecule has 1 rings (SSSR count). The van der Waals surface area contributed by atoms with E-state index in [0.29, 0.717) is 6.61 Å². The monoisotopic (exact) mass is 176 g/mol. The van der Waals surface area contributed by atoms with Crippen LogP contribution in [0.1, 0.15) is 17.2 Å². The fourth-order valence-corrected chi connectivity index (χ4v) is 1.06. The minimum Gasteiger partial charge on any atom is -0.380 e. The van der Waals surface area contributed by atoms with Crippen molar-refractivity contribution in [1.82, 2.24) is 0 Å². The molecular formula is C10H12N2O. The summed E-state index contributed by atoms with van der Waals surface area (Å²) in [5.74, 6) is 0. The van der Waals surface area contributed by atoms with Gasteiger partial charge in [-0.25, -0.2) is 0 Å². The molecule has 1 aromatic carbocycles. The Kier molecular flexibility index (Phi) is 3.44. The molecule has 1 atom stereocenters. The van der Waals surface area contributed by atoms with E-state index in [4.69, 9.17) is 15.7 Å². The fourth-order valence-electron chi connectivity index (χ4n) is 1.06. The molecule has 0 bridgehead atoms. The topological polar surface area (TPSA) is 59.0 Å². The Balaban J connectivity index is 2.76. The summed E-state index contributed by atoms with van der Waals surface area (Å²) in [5.41, 5.74) is 7.44. The van der Waals surface area contributed by atoms with Gasteiger partial charge in [-0.3, -0.25) is 0 Å². The van der Waals surface area contributed by atoms with Crippen LogP contribution in [0.15, 0.2) is 24.3 Å². The molecule has 68 valence electrons. The van der Waals surface area contributed by atoms with Crippen LogP contribution in [0.2, 0.25) is 0 Å². The van der Waals surface area contributed by atoms with E-state index in [1.54, 1.807) is 7.11 Å². The van der Waals surface area contributed by atoms with Crippen LogP contribution in [-0.4, -0.2) is 7.11 Å². The highest BCUT2D eigenvalue weighted by molar-refractivity contribution is 5.27. The zero-order valence-electron chi connectivity index (χ0n) is 7.53. The van der Waals surface area contributed by atoms with Gasteiger partial charge in [0.05, 0.1) is 12.7 Å². The molecule has 1 unspecified atom stereocenters. The third kappa shape index (κ3) is 2.55. The third-order valence-electron chi connectivity index (χ3n) is 1.79. The number of nitrogens with zero attached hydrogens (tertiary/aromatic N) is 1. The summed E-state index contributed by atoms with van der Waals surface area (Å²) in [6.07, 6.45) is 0. The van der Waals surface area contributed by atoms with Crippen LogP contribution in [0.3, 0.4) is 0 Å². The first-order chi connectivity index (χ1) is 6.27. The third-order valence-corrected chi connectivity index (χ3v) is 1.79. The van der Waals surface area contributed by atoms with Crippen LogP contribution in [0.5, 0.6) is 0 Å². The Morgan fingerprint density at radius 1 is 1.46 bits per heavy atom. The molecule has 0 heterocycles. The van der Waals surface area contributed by atoms with E-state index < -0.39 is 6.04 Å². The second kappa shape index (κ2) is 4.61. The maximum absolute atomic E-state index is 8.56. The summed E-state index contributed by atoms with van der Waals surface area (Å²) in [7, 11) is 1.65. The van der Waals surface area contributed by atoms with Gasteiger partial charge in [0.25, 0.3) is 0 Å². The molecule has 0 saturated carbocycles. The molecule has 0 saturated heterocycles. The lowest BCUT2D eigenvalue weighted by atomic mass is 10.1. The van der Waals surface area contributed by atoms with Crippen molar-refractivity contribution in [2.45, 2.75) is 12.6 Å². The number of hydrogen-bond acceptors (Lipinski definition) is 3. The normalized spacial score (nSPS) is 12.1. The smallest absolute Gasteiger partial charge is 0.118 e. The van der Waals surface area contributed by atoms with E-state index in [0.717, 1.165) is 11.1 Å². The Morgan fingerprint density at radius 2 is 2.08 bits per heavy atom. The Bertz CT molecular complexity index is 300. The van der Waals surface area contributed by atoms with Crippen LogP contribution in [0.4, 0.5) is 0 Å². The van der Waals surface area contributed by atoms with Gasteiger partial charge in [-0.2, -0.15) is 5.26 Å². The number of benzene rings is 1. The number of nitrogens with two attached hydrogens (primary N) is 1. The van der Waals surface area contributed by atoms with E-state index >= 15 is 0 Å². The largest absolute Gasteiger partial charge is 0.380 e. The molecule has 0 radical (unpaired) electrons. The van der Waals surface area contributed by atoms with Crippen molar-refractivity contribution in [3.63, 3.8) is 0 Å². The fraction of sp³-hybridized carbons (Fsp3) is 0.300. The molecule has 0 aromatic heterocycles. The molecule has 3 nitrogen and oxygen atoms in total. The van der Waals surface area contributed by atoms with Gasteiger partial charge in [0, 0.05) is 7.11 Å². The zero-order chi connectivity index (χ0) is 9.68. The average Bonchev–Trinajstić information content (AvgIpc) is 2.18. The highest BCUT2D eigenvalue weighted by Gasteiger charge is 2.02. The lowest BCUT2D eigenvalue weighted by molar-refractivity contribution is 0.185. The van der Waals surface area contributed by atoms with Crippen molar-refractivity contribution < 1.29 is 4.74 Å². The van der Waals surface area contributed by atoms with Gasteiger partial charge in [0.2, 0.25) is 0 Å². The first-order valence-corrected chi connectivity index (χ1v) is 4.01. The molecule has 0 amide bonds. The molecule has 0 aliphatic heterocycles. The molecule has 3 heteroatoms. The molecule has 13 heavy (non-hydrogen) atoms. The van der Waals surface area contributed by atoms with Crippen molar-refractivity contribution in [2.75, 3.05) is 7.11 Å². The number of nitriles is 1. The number of ether oxygens (including phenoxy) is 1. The summed E-state index contributed by atoms with van der Waals surface area (Å²) >= 11 is 0. The molecule has 0 aliphatic carbocycles. The molecule has 2 N–H and O–H groups in total. The van der Waals surface area contributed by atoms with E-state index in [1.807, 2.05) is 30.3 Å². The molecular weight excluding hydrogens is 164 g/mol. The Labute approximate surface area is 77.7 Å². The quantitative estimate of drug-likeness (QED) is 0.756. The highest BCUT2D eigenvalue weighted by atomic mass is 16.5. The predicted octanol–water partition coefficient (Wildman–Crippen LogP) is 1.36. The van der Waals surface area contributed by atoms with Crippen molar-refractivity contribution in [2.24, 2.45) is 5.73 Å². The minimum atomic E-state index is -0.531. The van der Waals surface area contributed by atoms with E-state index in [2.05, 4.69) is 0 Å². The average molecular weight is 176 g/mol. The van der Waals surface area contributed by atoms with Gasteiger partial charge < -0.3 is 10.5 Å². The Morgan fingerprint density at radius 3 is 2.54 bits per heavy atom. The van der Waals surface area contributed by atoms with Gasteiger partial charge in [0.15, 0.2) is 0 Å². The molecule has 1 aromatic rings. The van der Waals surface area contributed by atoms with Crippen molar-refractivity contribution >= 4 is 0 Å². The minimum absolute atomic E-state index is 0.531. The lowest BCUT2D eigenvalue weighted by Gasteiger charge is -2.04. The van der Waals surface area contributed by atoms with Gasteiger partial charge in [-0.1, -0.05) is 24.3 Å². The van der Waals surface area contributed by atoms with Crippen LogP contribution in [-0.2, 0) is 11.3 Å². The molecule has 0 fully saturated rings. The second-order valence-corrected chi connectivity index (χ2v) is 2.78. The number of rotatable bonds is 3. The molecule has 0 aliphatic rings. The van der Waals surface area contributed by atoms with Crippen LogP contribution < -0.4 is 5.73 Å². The van der Waals surface area contributed by atoms with Crippen LogP contribution >= 0.6 is 0 Å². The SMILES string of the molecule is COCc1ccc(C(N)C#N)cc1. The van der Waals surface area contributed by atoms with Crippen LogP contribution in [0.25, 0.3) is 0 Å². The first-order valence-electron chi connectivity index (χ1n) is 4.01. The highest BCUT2D eigenvalue weighted by Crippen LogP contribution is 2.11. The maximum atomic E-state index is 8.56. The van der Waals surface area contributed by atoms with Crippen LogP contribution in [0, 0.1) is 11.3 Å². The lowest BCUT2D eigenvalue weighted by Crippen LogP contribution is -2.06. The summed E-state index contributed by atoms with van der Waals surface area (Å²) in [5, 5.41) is 8.56. The van der Waals surface area contributed by atoms with Gasteiger partial charge >= 0.3 is 0 Å². The first kappa shape index (κ1) is 9.72. The summed E-state index contributed by atoms with van der Waals surface area (Å²) in [6.45, 7) is 0.585. The standard InChI is InChI=1S/C10H12N2O/c1-13-7-8-2-4-9(5-3-8)10(12)6-11/h2-5,10H,7,12H2,1H3. The van der Waals surface area contributed by atoms with Gasteiger partial charge in [-0.15, -0.1) is 0 Å². The van der Waals surface area contributed by atoms with Crippen molar-refractivity contribution in [3.05, 3.63) is 35.4 Å².